The first-order valence-corrected chi connectivity index (χ1v) is 7.90. The molecule has 1 atom stereocenters. The van der Waals surface area contributed by atoms with E-state index in [0.29, 0.717) is 6.04 Å². The predicted octanol–water partition coefficient (Wildman–Crippen LogP) is 2.31. The number of rotatable bonds is 9. The van der Waals surface area contributed by atoms with Crippen LogP contribution in [-0.2, 0) is 0 Å². The predicted molar refractivity (Wildman–Crippen MR) is 79.9 cm³/mol. The van der Waals surface area contributed by atoms with Crippen LogP contribution in [0.1, 0.15) is 51.9 Å². The molecule has 0 aromatic carbocycles. The fourth-order valence-corrected chi connectivity index (χ4v) is 2.84. The average Bonchev–Trinajstić information content (AvgIpc) is 2.39. The number of piperazine rings is 1. The molecule has 0 aliphatic carbocycles. The number of nitrogens with zero attached hydrogens (tertiary/aromatic N) is 2. The molecule has 1 unspecified atom stereocenters. The largest absolute Gasteiger partial charge is 0.329 e. The Morgan fingerprint density at radius 1 is 1.00 bits per heavy atom. The first-order valence-electron chi connectivity index (χ1n) is 7.90. The Morgan fingerprint density at radius 2 is 1.67 bits per heavy atom. The third-order valence-electron chi connectivity index (χ3n) is 4.13. The summed E-state index contributed by atoms with van der Waals surface area (Å²) in [6, 6.07) is 0.587. The summed E-state index contributed by atoms with van der Waals surface area (Å²) in [5.41, 5.74) is 5.87. The Bertz CT molecular complexity index is 196. The second kappa shape index (κ2) is 9.76. The van der Waals surface area contributed by atoms with Crippen LogP contribution in [-0.4, -0.2) is 55.6 Å². The fourth-order valence-electron chi connectivity index (χ4n) is 2.84. The van der Waals surface area contributed by atoms with Crippen LogP contribution in [0.4, 0.5) is 0 Å². The highest BCUT2D eigenvalue weighted by molar-refractivity contribution is 4.81. The minimum Gasteiger partial charge on any atom is -0.329 e. The molecule has 1 saturated heterocycles. The Hall–Kier alpha value is -0.120. The van der Waals surface area contributed by atoms with Gasteiger partial charge in [-0.2, -0.15) is 0 Å². The summed E-state index contributed by atoms with van der Waals surface area (Å²) < 4.78 is 0. The van der Waals surface area contributed by atoms with Crippen molar-refractivity contribution in [3.05, 3.63) is 0 Å². The van der Waals surface area contributed by atoms with Crippen molar-refractivity contribution >= 4 is 0 Å². The standard InChI is InChI=1S/C15H33N3/c1-3-4-5-6-7-8-9-10-18-12-11-17(2)14-15(18)13-16/h15H,3-14,16H2,1-2H3. The summed E-state index contributed by atoms with van der Waals surface area (Å²) in [5.74, 6) is 0. The maximum atomic E-state index is 5.87. The van der Waals surface area contributed by atoms with E-state index in [1.54, 1.807) is 0 Å². The van der Waals surface area contributed by atoms with Gasteiger partial charge in [0.05, 0.1) is 0 Å². The van der Waals surface area contributed by atoms with Crippen molar-refractivity contribution in [2.75, 3.05) is 39.8 Å². The summed E-state index contributed by atoms with van der Waals surface area (Å²) in [6.07, 6.45) is 9.78. The highest BCUT2D eigenvalue weighted by Crippen LogP contribution is 2.11. The van der Waals surface area contributed by atoms with Crippen LogP contribution in [0.15, 0.2) is 0 Å². The van der Waals surface area contributed by atoms with E-state index in [2.05, 4.69) is 23.8 Å². The quantitative estimate of drug-likeness (QED) is 0.642. The number of hydrogen-bond donors (Lipinski definition) is 1. The molecule has 3 heteroatoms. The van der Waals surface area contributed by atoms with E-state index in [9.17, 15) is 0 Å². The normalized spacial score (nSPS) is 22.5. The molecule has 0 aromatic rings. The van der Waals surface area contributed by atoms with Crippen LogP contribution < -0.4 is 5.73 Å². The van der Waals surface area contributed by atoms with Gasteiger partial charge in [0.25, 0.3) is 0 Å². The number of nitrogens with two attached hydrogens (primary N) is 1. The lowest BCUT2D eigenvalue weighted by atomic mass is 10.1. The summed E-state index contributed by atoms with van der Waals surface area (Å²) in [7, 11) is 2.20. The third-order valence-corrected chi connectivity index (χ3v) is 4.13. The smallest absolute Gasteiger partial charge is 0.0346 e. The van der Waals surface area contributed by atoms with Crippen molar-refractivity contribution in [1.29, 1.82) is 0 Å². The zero-order valence-corrected chi connectivity index (χ0v) is 12.5. The minimum atomic E-state index is 0.587. The molecule has 108 valence electrons. The SMILES string of the molecule is CCCCCCCCCN1CCN(C)CC1CN. The highest BCUT2D eigenvalue weighted by Gasteiger charge is 2.22. The van der Waals surface area contributed by atoms with Gasteiger partial charge in [0.15, 0.2) is 0 Å². The van der Waals surface area contributed by atoms with E-state index in [0.717, 1.165) is 13.1 Å². The lowest BCUT2D eigenvalue weighted by Crippen LogP contribution is -2.54. The van der Waals surface area contributed by atoms with Crippen molar-refractivity contribution in [2.24, 2.45) is 5.73 Å². The molecule has 0 amide bonds. The maximum absolute atomic E-state index is 5.87. The van der Waals surface area contributed by atoms with E-state index in [1.165, 1.54) is 64.6 Å². The van der Waals surface area contributed by atoms with Crippen LogP contribution in [0.2, 0.25) is 0 Å². The molecular weight excluding hydrogens is 222 g/mol. The molecule has 3 nitrogen and oxygen atoms in total. The first kappa shape index (κ1) is 15.9. The zero-order chi connectivity index (χ0) is 13.2. The Kier molecular flexibility index (Phi) is 8.64. The second-order valence-electron chi connectivity index (χ2n) is 5.81. The lowest BCUT2D eigenvalue weighted by molar-refractivity contribution is 0.0927. The van der Waals surface area contributed by atoms with Gasteiger partial charge in [0.2, 0.25) is 0 Å². The van der Waals surface area contributed by atoms with Gasteiger partial charge in [-0.3, -0.25) is 4.90 Å². The molecule has 0 radical (unpaired) electrons. The van der Waals surface area contributed by atoms with Gasteiger partial charge in [-0.25, -0.2) is 0 Å². The molecule has 0 saturated carbocycles. The molecule has 0 aromatic heterocycles. The van der Waals surface area contributed by atoms with E-state index in [4.69, 9.17) is 5.73 Å². The maximum Gasteiger partial charge on any atom is 0.0346 e. The van der Waals surface area contributed by atoms with Crippen molar-refractivity contribution in [1.82, 2.24) is 9.80 Å². The summed E-state index contributed by atoms with van der Waals surface area (Å²) in [5, 5.41) is 0. The Morgan fingerprint density at radius 3 is 2.33 bits per heavy atom. The monoisotopic (exact) mass is 255 g/mol. The van der Waals surface area contributed by atoms with E-state index < -0.39 is 0 Å². The topological polar surface area (TPSA) is 32.5 Å². The van der Waals surface area contributed by atoms with Crippen LogP contribution in [0.3, 0.4) is 0 Å². The second-order valence-corrected chi connectivity index (χ2v) is 5.81. The van der Waals surface area contributed by atoms with Gasteiger partial charge in [-0.05, 0) is 20.0 Å². The zero-order valence-electron chi connectivity index (χ0n) is 12.5. The van der Waals surface area contributed by atoms with Gasteiger partial charge in [-0.1, -0.05) is 45.4 Å². The first-order chi connectivity index (χ1) is 8.77. The third kappa shape index (κ3) is 6.17. The summed E-state index contributed by atoms with van der Waals surface area (Å²) in [6.45, 7) is 7.89. The minimum absolute atomic E-state index is 0.587. The lowest BCUT2D eigenvalue weighted by Gasteiger charge is -2.39. The van der Waals surface area contributed by atoms with E-state index in [1.807, 2.05) is 0 Å². The average molecular weight is 255 g/mol. The molecule has 0 spiro atoms. The number of unbranched alkanes of at least 4 members (excludes halogenated alkanes) is 6. The van der Waals surface area contributed by atoms with Crippen LogP contribution in [0.5, 0.6) is 0 Å². The molecule has 1 fully saturated rings. The molecule has 1 heterocycles. The molecule has 1 aliphatic heterocycles. The van der Waals surface area contributed by atoms with Gasteiger partial charge >= 0.3 is 0 Å². The van der Waals surface area contributed by atoms with Crippen molar-refractivity contribution in [2.45, 2.75) is 57.9 Å². The molecule has 1 aliphatic rings. The number of likely N-dealkylation sites (N-methyl/N-ethyl adjacent to an activating group) is 1. The summed E-state index contributed by atoms with van der Waals surface area (Å²) >= 11 is 0. The molecule has 0 bridgehead atoms. The Balaban J connectivity index is 2.03. The van der Waals surface area contributed by atoms with Crippen LogP contribution in [0.25, 0.3) is 0 Å². The van der Waals surface area contributed by atoms with Crippen molar-refractivity contribution in [3.8, 4) is 0 Å². The fraction of sp³-hybridized carbons (Fsp3) is 1.00. The molecule has 2 N–H and O–H groups in total. The van der Waals surface area contributed by atoms with E-state index >= 15 is 0 Å². The highest BCUT2D eigenvalue weighted by atomic mass is 15.3. The van der Waals surface area contributed by atoms with Gasteiger partial charge in [-0.15, -0.1) is 0 Å². The van der Waals surface area contributed by atoms with Gasteiger partial charge in [0.1, 0.15) is 0 Å². The van der Waals surface area contributed by atoms with E-state index in [-0.39, 0.29) is 0 Å². The van der Waals surface area contributed by atoms with Crippen molar-refractivity contribution in [3.63, 3.8) is 0 Å². The molecule has 18 heavy (non-hydrogen) atoms. The van der Waals surface area contributed by atoms with Crippen LogP contribution >= 0.6 is 0 Å². The number of hydrogen-bond acceptors (Lipinski definition) is 3. The molecular formula is C15H33N3. The molecule has 1 rings (SSSR count). The summed E-state index contributed by atoms with van der Waals surface area (Å²) in [4.78, 5) is 5.00. The van der Waals surface area contributed by atoms with Gasteiger partial charge < -0.3 is 10.6 Å². The van der Waals surface area contributed by atoms with Gasteiger partial charge in [0, 0.05) is 32.2 Å². The Labute approximate surface area is 114 Å². The van der Waals surface area contributed by atoms with Crippen LogP contribution in [0, 0.1) is 0 Å². The van der Waals surface area contributed by atoms with Crippen molar-refractivity contribution < 1.29 is 0 Å².